The number of likely N-dealkylation sites (N-methyl/N-ethyl adjacent to an activating group) is 1. The maximum absolute atomic E-state index is 12.1. The van der Waals surface area contributed by atoms with Crippen LogP contribution in [0.2, 0.25) is 0 Å². The molecule has 1 fully saturated rings. The molecule has 20 heavy (non-hydrogen) atoms. The first-order valence-electron chi connectivity index (χ1n) is 7.44. The molecule has 1 saturated heterocycles. The van der Waals surface area contributed by atoms with Crippen LogP contribution in [0.3, 0.4) is 0 Å². The van der Waals surface area contributed by atoms with Gasteiger partial charge in [-0.1, -0.05) is 0 Å². The Morgan fingerprint density at radius 3 is 2.85 bits per heavy atom. The first-order valence-corrected chi connectivity index (χ1v) is 7.44. The van der Waals surface area contributed by atoms with E-state index in [1.54, 1.807) is 10.7 Å². The van der Waals surface area contributed by atoms with Gasteiger partial charge in [0.05, 0.1) is 12.2 Å². The van der Waals surface area contributed by atoms with Gasteiger partial charge < -0.3 is 10.2 Å². The second-order valence-electron chi connectivity index (χ2n) is 5.75. The van der Waals surface area contributed by atoms with Crippen molar-refractivity contribution in [1.82, 2.24) is 24.9 Å². The van der Waals surface area contributed by atoms with E-state index in [2.05, 4.69) is 27.3 Å². The Morgan fingerprint density at radius 1 is 1.25 bits per heavy atom. The summed E-state index contributed by atoms with van der Waals surface area (Å²) in [4.78, 5) is 16.8. The molecule has 110 valence electrons. The second-order valence-corrected chi connectivity index (χ2v) is 5.75. The Balaban J connectivity index is 1.64. The number of hydrogen-bond acceptors (Lipinski definition) is 5. The predicted molar refractivity (Wildman–Crippen MR) is 77.8 cm³/mol. The molecule has 3 heterocycles. The largest absolute Gasteiger partial charge is 0.312 e. The molecule has 6 nitrogen and oxygen atoms in total. The number of aromatic nitrogens is 2. The Kier molecular flexibility index (Phi) is 4.14. The monoisotopic (exact) mass is 277 g/mol. The van der Waals surface area contributed by atoms with Crippen LogP contribution < -0.4 is 10.9 Å². The molecular formula is C14H23N5O. The van der Waals surface area contributed by atoms with Gasteiger partial charge in [-0.25, -0.2) is 4.68 Å². The minimum Gasteiger partial charge on any atom is -0.312 e. The van der Waals surface area contributed by atoms with Gasteiger partial charge in [-0.2, -0.15) is 5.10 Å². The summed E-state index contributed by atoms with van der Waals surface area (Å²) < 4.78 is 1.64. The number of fused-ring (bicyclic) bond motifs is 1. The summed E-state index contributed by atoms with van der Waals surface area (Å²) in [5.74, 6) is 0. The maximum atomic E-state index is 12.1. The van der Waals surface area contributed by atoms with Crippen LogP contribution in [0, 0.1) is 0 Å². The molecule has 1 N–H and O–H groups in total. The minimum atomic E-state index is 0.0292. The molecule has 0 radical (unpaired) electrons. The van der Waals surface area contributed by atoms with E-state index in [4.69, 9.17) is 0 Å². The van der Waals surface area contributed by atoms with Crippen molar-refractivity contribution in [3.63, 3.8) is 0 Å². The molecule has 6 heteroatoms. The molecule has 0 saturated carbocycles. The van der Waals surface area contributed by atoms with Gasteiger partial charge in [-0.15, -0.1) is 0 Å². The molecule has 0 amide bonds. The minimum absolute atomic E-state index is 0.0292. The van der Waals surface area contributed by atoms with Crippen molar-refractivity contribution in [3.8, 4) is 0 Å². The number of rotatable bonds is 3. The lowest BCUT2D eigenvalue weighted by Crippen LogP contribution is -2.46. The molecular weight excluding hydrogens is 254 g/mol. The lowest BCUT2D eigenvalue weighted by Gasteiger charge is -2.32. The molecule has 0 bridgehead atoms. The average Bonchev–Trinajstić information content (AvgIpc) is 2.47. The molecule has 3 rings (SSSR count). The van der Waals surface area contributed by atoms with Gasteiger partial charge in [-0.3, -0.25) is 9.69 Å². The van der Waals surface area contributed by atoms with Crippen molar-refractivity contribution in [1.29, 1.82) is 0 Å². The van der Waals surface area contributed by atoms with Crippen LogP contribution in [0.1, 0.15) is 11.3 Å². The summed E-state index contributed by atoms with van der Waals surface area (Å²) in [5, 5.41) is 7.81. The van der Waals surface area contributed by atoms with E-state index >= 15 is 0 Å². The molecule has 1 aromatic heterocycles. The van der Waals surface area contributed by atoms with Crippen LogP contribution >= 0.6 is 0 Å². The van der Waals surface area contributed by atoms with E-state index in [1.807, 2.05) is 0 Å². The van der Waals surface area contributed by atoms with Crippen LogP contribution in [0.5, 0.6) is 0 Å². The van der Waals surface area contributed by atoms with Gasteiger partial charge in [0.15, 0.2) is 0 Å². The summed E-state index contributed by atoms with van der Waals surface area (Å²) >= 11 is 0. The second kappa shape index (κ2) is 6.03. The lowest BCUT2D eigenvalue weighted by molar-refractivity contribution is 0.148. The highest BCUT2D eigenvalue weighted by atomic mass is 16.1. The molecule has 0 spiro atoms. The SMILES string of the molecule is CN1CCN(CCn2nc3c(cc2=O)CNCC3)CC1. The van der Waals surface area contributed by atoms with Gasteiger partial charge >= 0.3 is 0 Å². The van der Waals surface area contributed by atoms with Gasteiger partial charge in [0.2, 0.25) is 0 Å². The molecule has 0 aliphatic carbocycles. The molecule has 2 aliphatic rings. The topological polar surface area (TPSA) is 53.4 Å². The predicted octanol–water partition coefficient (Wildman–Crippen LogP) is -0.864. The lowest BCUT2D eigenvalue weighted by atomic mass is 10.1. The summed E-state index contributed by atoms with van der Waals surface area (Å²) in [6, 6.07) is 1.75. The van der Waals surface area contributed by atoms with E-state index in [0.717, 1.165) is 63.5 Å². The standard InChI is InChI=1S/C14H23N5O/c1-17-4-6-18(7-5-17)8-9-19-14(20)10-12-11-15-3-2-13(12)16-19/h10,15H,2-9,11H2,1H3. The van der Waals surface area contributed by atoms with E-state index in [-0.39, 0.29) is 5.56 Å². The number of hydrogen-bond donors (Lipinski definition) is 1. The fourth-order valence-corrected chi connectivity index (χ4v) is 2.83. The summed E-state index contributed by atoms with van der Waals surface area (Å²) in [5.41, 5.74) is 2.18. The Bertz CT molecular complexity index is 519. The van der Waals surface area contributed by atoms with Crippen LogP contribution in [-0.2, 0) is 19.5 Å². The number of piperazine rings is 1. The van der Waals surface area contributed by atoms with E-state index in [9.17, 15) is 4.79 Å². The Hall–Kier alpha value is -1.24. The summed E-state index contributed by atoms with van der Waals surface area (Å²) in [6.07, 6.45) is 0.921. The third kappa shape index (κ3) is 3.08. The zero-order valence-electron chi connectivity index (χ0n) is 12.1. The molecule has 0 unspecified atom stereocenters. The van der Waals surface area contributed by atoms with Crippen molar-refractivity contribution < 1.29 is 0 Å². The van der Waals surface area contributed by atoms with Crippen LogP contribution in [0.15, 0.2) is 10.9 Å². The zero-order chi connectivity index (χ0) is 13.9. The van der Waals surface area contributed by atoms with Crippen LogP contribution in [0.25, 0.3) is 0 Å². The average molecular weight is 277 g/mol. The Labute approximate surface area is 119 Å². The van der Waals surface area contributed by atoms with Crippen molar-refractivity contribution in [2.24, 2.45) is 0 Å². The first-order chi connectivity index (χ1) is 9.72. The molecule has 0 atom stereocenters. The smallest absolute Gasteiger partial charge is 0.267 e. The van der Waals surface area contributed by atoms with Gasteiger partial charge in [-0.05, 0) is 12.6 Å². The highest BCUT2D eigenvalue weighted by molar-refractivity contribution is 5.20. The van der Waals surface area contributed by atoms with E-state index in [0.29, 0.717) is 6.54 Å². The highest BCUT2D eigenvalue weighted by Crippen LogP contribution is 2.07. The number of nitrogens with zero attached hydrogens (tertiary/aromatic N) is 4. The summed E-state index contributed by atoms with van der Waals surface area (Å²) in [7, 11) is 2.15. The van der Waals surface area contributed by atoms with Crippen molar-refractivity contribution in [2.75, 3.05) is 46.3 Å². The van der Waals surface area contributed by atoms with E-state index in [1.165, 1.54) is 0 Å². The quantitative estimate of drug-likeness (QED) is 0.779. The fraction of sp³-hybridized carbons (Fsp3) is 0.714. The van der Waals surface area contributed by atoms with Gasteiger partial charge in [0, 0.05) is 58.3 Å². The molecule has 2 aliphatic heterocycles. The fourth-order valence-electron chi connectivity index (χ4n) is 2.83. The van der Waals surface area contributed by atoms with Gasteiger partial charge in [0.1, 0.15) is 0 Å². The maximum Gasteiger partial charge on any atom is 0.267 e. The molecule has 1 aromatic rings. The van der Waals surface area contributed by atoms with Crippen molar-refractivity contribution in [2.45, 2.75) is 19.5 Å². The zero-order valence-corrected chi connectivity index (χ0v) is 12.1. The van der Waals surface area contributed by atoms with Crippen LogP contribution in [-0.4, -0.2) is 65.9 Å². The third-order valence-corrected chi connectivity index (χ3v) is 4.24. The third-order valence-electron chi connectivity index (χ3n) is 4.24. The van der Waals surface area contributed by atoms with Crippen LogP contribution in [0.4, 0.5) is 0 Å². The first kappa shape index (κ1) is 13.7. The van der Waals surface area contributed by atoms with E-state index < -0.39 is 0 Å². The molecule has 0 aromatic carbocycles. The van der Waals surface area contributed by atoms with Gasteiger partial charge in [0.25, 0.3) is 5.56 Å². The normalized spacial score (nSPS) is 20.9. The Morgan fingerprint density at radius 2 is 2.05 bits per heavy atom. The summed E-state index contributed by atoms with van der Waals surface area (Å²) in [6.45, 7) is 7.73. The highest BCUT2D eigenvalue weighted by Gasteiger charge is 2.15. The number of nitrogens with one attached hydrogen (secondary N) is 1. The van der Waals surface area contributed by atoms with Crippen molar-refractivity contribution >= 4 is 0 Å². The van der Waals surface area contributed by atoms with Crippen molar-refractivity contribution in [3.05, 3.63) is 27.7 Å².